The van der Waals surface area contributed by atoms with Crippen molar-refractivity contribution in [1.29, 1.82) is 0 Å². The van der Waals surface area contributed by atoms with Crippen molar-refractivity contribution in [2.75, 3.05) is 0 Å². The minimum atomic E-state index is -2.53. The molecule has 0 saturated heterocycles. The van der Waals surface area contributed by atoms with Gasteiger partial charge in [0.05, 0.1) is 16.7 Å². The van der Waals surface area contributed by atoms with Crippen molar-refractivity contribution in [3.05, 3.63) is 175 Å². The molecule has 6 rings (SSSR count). The minimum absolute atomic E-state index is 0. The average Bonchev–Trinajstić information content (AvgIpc) is 3.28. The Labute approximate surface area is 368 Å². The topological polar surface area (TPSA) is 17.1 Å². The monoisotopic (exact) mass is 1020 g/mol. The fraction of sp³-hybridized carbons (Fsp3) is 0. The zero-order valence-corrected chi connectivity index (χ0v) is 31.0. The third-order valence-corrected chi connectivity index (χ3v) is 7.75. The first-order valence-corrected chi connectivity index (χ1v) is 16.4. The van der Waals surface area contributed by atoms with Crippen LogP contribution < -0.4 is 0 Å². The van der Waals surface area contributed by atoms with Gasteiger partial charge in [-0.05, 0) is 18.2 Å². The molecular weight excluding hydrogens is 1010 g/mol. The van der Waals surface area contributed by atoms with Gasteiger partial charge in [0.1, 0.15) is 0 Å². The van der Waals surface area contributed by atoms with Gasteiger partial charge in [-0.3, -0.25) is 0 Å². The molecular formula is C36H4AlF28LiO. The van der Waals surface area contributed by atoms with E-state index in [-0.39, 0.29) is 37.1 Å². The van der Waals surface area contributed by atoms with Gasteiger partial charge in [-0.15, -0.1) is 0 Å². The summed E-state index contributed by atoms with van der Waals surface area (Å²) in [7, 11) is 0. The molecule has 0 aliphatic rings. The summed E-state index contributed by atoms with van der Waals surface area (Å²) in [6.07, 6.45) is 0. The van der Waals surface area contributed by atoms with E-state index >= 15 is 0 Å². The molecule has 0 aromatic heterocycles. The fourth-order valence-corrected chi connectivity index (χ4v) is 4.79. The van der Waals surface area contributed by atoms with Crippen LogP contribution in [0.25, 0.3) is 33.4 Å². The van der Waals surface area contributed by atoms with Crippen LogP contribution in [0, 0.1) is 157 Å². The first-order chi connectivity index (χ1) is 30.5. The van der Waals surface area contributed by atoms with Crippen molar-refractivity contribution < 1.29 is 126 Å². The molecule has 0 radical (unpaired) electrons. The fourth-order valence-electron chi connectivity index (χ4n) is 4.79. The van der Waals surface area contributed by atoms with Crippen LogP contribution in [0.2, 0.25) is 0 Å². The van der Waals surface area contributed by atoms with Crippen molar-refractivity contribution in [3.8, 4) is 33.4 Å². The molecule has 67 heavy (non-hydrogen) atoms. The van der Waals surface area contributed by atoms with Crippen LogP contribution in [-0.4, -0.2) is 34.5 Å². The molecule has 0 saturated carbocycles. The van der Waals surface area contributed by atoms with Gasteiger partial charge >= 0.3 is 41.8 Å². The number of rotatable bonds is 3. The Kier molecular flexibility index (Phi) is 19.2. The molecule has 0 heterocycles. The molecule has 1 nitrogen and oxygen atoms in total. The Balaban J connectivity index is 0.000000332. The quantitative estimate of drug-likeness (QED) is 0.0747. The normalized spacial score (nSPS) is 10.6. The molecule has 0 fully saturated rings. The summed E-state index contributed by atoms with van der Waals surface area (Å²) in [5.74, 6) is -64.5. The van der Waals surface area contributed by atoms with Crippen LogP contribution in [0.5, 0.6) is 0 Å². The van der Waals surface area contributed by atoms with Gasteiger partial charge in [0, 0.05) is 16.7 Å². The summed E-state index contributed by atoms with van der Waals surface area (Å²) in [6, 6.07) is -0.649. The number of hydrogen-bond acceptors (Lipinski definition) is 1. The number of halogens is 28. The second-order valence-electron chi connectivity index (χ2n) is 11.5. The van der Waals surface area contributed by atoms with E-state index in [4.69, 9.17) is 3.80 Å². The molecule has 0 amide bonds. The van der Waals surface area contributed by atoms with E-state index in [2.05, 4.69) is 0 Å². The molecule has 0 spiro atoms. The van der Waals surface area contributed by atoms with Gasteiger partial charge in [0.25, 0.3) is 0 Å². The van der Waals surface area contributed by atoms with Crippen LogP contribution >= 0.6 is 0 Å². The van der Waals surface area contributed by atoms with Gasteiger partial charge in [-0.25, -0.2) is 119 Å². The predicted molar refractivity (Wildman–Crippen MR) is 169 cm³/mol. The van der Waals surface area contributed by atoms with E-state index in [9.17, 15) is 122 Å². The maximum absolute atomic E-state index is 13.4. The van der Waals surface area contributed by atoms with Gasteiger partial charge in [0.15, 0.2) is 140 Å². The standard InChI is InChI=1S/3C12HF9.Al.FH.Li.O.H/c3*13-3-1-2(5(14)9(18)6(3)15)4-7(16)10(19)12(21)11(20)8(4)17;;;;;/h3*1H;;1H;;;/q;;;+1;;;;/p-1. The van der Waals surface area contributed by atoms with Crippen LogP contribution in [-0.2, 0) is 3.80 Å². The Morgan fingerprint density at radius 1 is 0.224 bits per heavy atom. The third-order valence-electron chi connectivity index (χ3n) is 7.75. The van der Waals surface area contributed by atoms with Gasteiger partial charge in [-0.1, -0.05) is 0 Å². The molecule has 0 unspecified atom stereocenters. The second kappa shape index (κ2) is 22.4. The summed E-state index contributed by atoms with van der Waals surface area (Å²) in [6.45, 7) is 0. The molecule has 0 aliphatic heterocycles. The summed E-state index contributed by atoms with van der Waals surface area (Å²) in [4.78, 5) is 0. The summed E-state index contributed by atoms with van der Waals surface area (Å²) in [5.41, 5.74) is -10.6. The van der Waals surface area contributed by atoms with E-state index in [1.54, 1.807) is 0 Å². The van der Waals surface area contributed by atoms with E-state index in [0.29, 0.717) is 0 Å². The maximum atomic E-state index is 13.4. The number of benzene rings is 6. The molecule has 6 aromatic carbocycles. The third kappa shape index (κ3) is 10.7. The first kappa shape index (κ1) is 57.4. The van der Waals surface area contributed by atoms with Gasteiger partial charge < -0.3 is 0 Å². The van der Waals surface area contributed by atoms with Crippen LogP contribution in [0.15, 0.2) is 18.2 Å². The van der Waals surface area contributed by atoms with E-state index in [0.717, 1.165) is 0 Å². The zero-order chi connectivity index (χ0) is 50.9. The van der Waals surface area contributed by atoms with Gasteiger partial charge in [-0.2, -0.15) is 0 Å². The van der Waals surface area contributed by atoms with E-state index in [1.807, 2.05) is 0 Å². The summed E-state index contributed by atoms with van der Waals surface area (Å²) in [5, 5.41) is 0. The van der Waals surface area contributed by atoms with Crippen molar-refractivity contribution in [2.45, 2.75) is 0 Å². The molecule has 0 aliphatic carbocycles. The molecule has 31 heteroatoms. The van der Waals surface area contributed by atoms with Crippen LogP contribution in [0.4, 0.5) is 122 Å². The SMILES string of the molecule is Fc1cc(-c2c(F)c(F)c(F)c(F)c2F)c(F)c(F)c1F.Fc1cc(-c2c(F)c(F)c(F)c(F)c2F)c(F)c(F)c1F.Fc1cc(-c2c(F)c(F)c(F)c(F)c2F)c(F)c(F)c1F.[LiH].[O]=[Al][F]. The summed E-state index contributed by atoms with van der Waals surface area (Å²) >= 11 is -2.00. The van der Waals surface area contributed by atoms with Crippen molar-refractivity contribution >= 4 is 34.5 Å². The van der Waals surface area contributed by atoms with Crippen molar-refractivity contribution in [3.63, 3.8) is 0 Å². The Hall–Kier alpha value is -5.71. The van der Waals surface area contributed by atoms with E-state index in [1.165, 1.54) is 0 Å². The van der Waals surface area contributed by atoms with Crippen molar-refractivity contribution in [2.24, 2.45) is 0 Å². The first-order valence-electron chi connectivity index (χ1n) is 15.5. The molecule has 6 aromatic rings. The molecule has 0 bridgehead atoms. The number of hydrogen-bond donors (Lipinski definition) is 0. The average molecular weight is 1020 g/mol. The molecule has 0 atom stereocenters. The van der Waals surface area contributed by atoms with Crippen molar-refractivity contribution in [1.82, 2.24) is 0 Å². The molecule has 0 N–H and O–H groups in total. The Morgan fingerprint density at radius 2 is 0.343 bits per heavy atom. The Bertz CT molecular complexity index is 2550. The van der Waals surface area contributed by atoms with E-state index < -0.39 is 206 Å². The van der Waals surface area contributed by atoms with Crippen LogP contribution in [0.3, 0.4) is 0 Å². The second-order valence-corrected chi connectivity index (χ2v) is 11.6. The molecule has 354 valence electrons. The zero-order valence-electron chi connectivity index (χ0n) is 29.8. The van der Waals surface area contributed by atoms with Crippen LogP contribution in [0.1, 0.15) is 0 Å². The van der Waals surface area contributed by atoms with Gasteiger partial charge in [0.2, 0.25) is 17.5 Å². The Morgan fingerprint density at radius 3 is 0.493 bits per heavy atom. The predicted octanol–water partition coefficient (Wildman–Crippen LogP) is 13.1. The summed E-state index contributed by atoms with van der Waals surface area (Å²) < 4.78 is 371.